The molecule has 0 aromatic heterocycles. The lowest BCUT2D eigenvalue weighted by Gasteiger charge is -2.33. The molecular weight excluding hydrogens is 344 g/mol. The second-order valence-electron chi connectivity index (χ2n) is 5.77. The SMILES string of the molecule is CS(=O)(=O)N(CCC(=O)N1CCN(C=O)CC1)c1cccc(C#N)c1. The molecule has 8 nitrogen and oxygen atoms in total. The lowest BCUT2D eigenvalue weighted by molar-refractivity contribution is -0.134. The zero-order valence-electron chi connectivity index (χ0n) is 14.0. The van der Waals surface area contributed by atoms with Gasteiger partial charge in [-0.25, -0.2) is 8.42 Å². The van der Waals surface area contributed by atoms with Gasteiger partial charge in [-0.1, -0.05) is 6.07 Å². The number of hydrogen-bond acceptors (Lipinski definition) is 5. The van der Waals surface area contributed by atoms with Crippen LogP contribution in [0.1, 0.15) is 12.0 Å². The number of piperazine rings is 1. The molecule has 0 spiro atoms. The van der Waals surface area contributed by atoms with Crippen LogP contribution in [-0.4, -0.2) is 69.5 Å². The van der Waals surface area contributed by atoms with Crippen molar-refractivity contribution in [1.29, 1.82) is 5.26 Å². The van der Waals surface area contributed by atoms with Gasteiger partial charge in [-0.2, -0.15) is 5.26 Å². The minimum absolute atomic E-state index is 0.000440. The van der Waals surface area contributed by atoms with E-state index in [1.54, 1.807) is 28.0 Å². The Bertz CT molecular complexity index is 780. The molecule has 0 radical (unpaired) electrons. The Hall–Kier alpha value is -2.60. The Kier molecular flexibility index (Phi) is 5.98. The molecule has 1 saturated heterocycles. The molecule has 1 heterocycles. The fourth-order valence-electron chi connectivity index (χ4n) is 2.65. The normalized spacial score (nSPS) is 14.7. The first-order chi connectivity index (χ1) is 11.8. The smallest absolute Gasteiger partial charge is 0.232 e. The van der Waals surface area contributed by atoms with E-state index in [2.05, 4.69) is 0 Å². The van der Waals surface area contributed by atoms with Gasteiger partial charge in [0.15, 0.2) is 0 Å². The summed E-state index contributed by atoms with van der Waals surface area (Å²) in [7, 11) is -3.58. The third-order valence-electron chi connectivity index (χ3n) is 4.01. The Morgan fingerprint density at radius 3 is 2.56 bits per heavy atom. The van der Waals surface area contributed by atoms with Gasteiger partial charge >= 0.3 is 0 Å². The molecule has 1 aromatic rings. The molecule has 0 unspecified atom stereocenters. The number of hydrogen-bond donors (Lipinski definition) is 0. The van der Waals surface area contributed by atoms with E-state index in [-0.39, 0.29) is 18.9 Å². The first kappa shape index (κ1) is 18.7. The minimum atomic E-state index is -3.58. The van der Waals surface area contributed by atoms with Gasteiger partial charge in [-0.3, -0.25) is 13.9 Å². The third kappa shape index (κ3) is 4.93. The van der Waals surface area contributed by atoms with Crippen LogP contribution in [0.2, 0.25) is 0 Å². The summed E-state index contributed by atoms with van der Waals surface area (Å²) in [6, 6.07) is 8.23. The van der Waals surface area contributed by atoms with Crippen molar-refractivity contribution in [1.82, 2.24) is 9.80 Å². The van der Waals surface area contributed by atoms with E-state index < -0.39 is 10.0 Å². The van der Waals surface area contributed by atoms with Crippen LogP contribution in [0.5, 0.6) is 0 Å². The van der Waals surface area contributed by atoms with E-state index in [9.17, 15) is 18.0 Å². The summed E-state index contributed by atoms with van der Waals surface area (Å²) in [5.41, 5.74) is 0.711. The van der Waals surface area contributed by atoms with Gasteiger partial charge in [0.25, 0.3) is 0 Å². The highest BCUT2D eigenvalue weighted by molar-refractivity contribution is 7.92. The van der Waals surface area contributed by atoms with Crippen LogP contribution in [-0.2, 0) is 19.6 Å². The van der Waals surface area contributed by atoms with Crippen molar-refractivity contribution in [3.05, 3.63) is 29.8 Å². The molecule has 0 atom stereocenters. The Morgan fingerprint density at radius 1 is 1.32 bits per heavy atom. The van der Waals surface area contributed by atoms with Gasteiger partial charge in [0.2, 0.25) is 22.3 Å². The molecule has 1 aliphatic rings. The molecule has 2 amide bonds. The van der Waals surface area contributed by atoms with Gasteiger partial charge in [-0.05, 0) is 18.2 Å². The second-order valence-corrected chi connectivity index (χ2v) is 7.68. The Labute approximate surface area is 147 Å². The molecule has 0 bridgehead atoms. The van der Waals surface area contributed by atoms with Crippen LogP contribution in [0.3, 0.4) is 0 Å². The molecule has 25 heavy (non-hydrogen) atoms. The van der Waals surface area contributed by atoms with Crippen LogP contribution in [0, 0.1) is 11.3 Å². The van der Waals surface area contributed by atoms with Crippen molar-refractivity contribution in [2.45, 2.75) is 6.42 Å². The number of nitriles is 1. The summed E-state index contributed by atoms with van der Waals surface area (Å²) in [5, 5.41) is 8.97. The van der Waals surface area contributed by atoms with Crippen molar-refractivity contribution in [2.75, 3.05) is 43.3 Å². The summed E-state index contributed by atoms with van der Waals surface area (Å²) in [5.74, 6) is -0.157. The summed E-state index contributed by atoms with van der Waals surface area (Å²) in [6.07, 6.45) is 1.86. The number of carbonyl (C=O) groups excluding carboxylic acids is 2. The molecule has 0 aliphatic carbocycles. The number of sulfonamides is 1. The second kappa shape index (κ2) is 7.98. The van der Waals surface area contributed by atoms with Gasteiger partial charge in [-0.15, -0.1) is 0 Å². The quantitative estimate of drug-likeness (QED) is 0.662. The van der Waals surface area contributed by atoms with E-state index in [1.807, 2.05) is 6.07 Å². The van der Waals surface area contributed by atoms with Gasteiger partial charge in [0, 0.05) is 39.1 Å². The lowest BCUT2D eigenvalue weighted by Crippen LogP contribution is -2.48. The molecule has 0 saturated carbocycles. The summed E-state index contributed by atoms with van der Waals surface area (Å²) >= 11 is 0. The molecule has 0 N–H and O–H groups in total. The summed E-state index contributed by atoms with van der Waals surface area (Å²) < 4.78 is 25.3. The van der Waals surface area contributed by atoms with Crippen LogP contribution >= 0.6 is 0 Å². The Morgan fingerprint density at radius 2 is 2.00 bits per heavy atom. The highest BCUT2D eigenvalue weighted by Crippen LogP contribution is 2.19. The molecule has 9 heteroatoms. The van der Waals surface area contributed by atoms with E-state index in [0.29, 0.717) is 37.4 Å². The summed E-state index contributed by atoms with van der Waals surface area (Å²) in [6.45, 7) is 1.85. The van der Waals surface area contributed by atoms with Gasteiger partial charge in [0.05, 0.1) is 23.6 Å². The van der Waals surface area contributed by atoms with Crippen molar-refractivity contribution in [3.63, 3.8) is 0 Å². The van der Waals surface area contributed by atoms with Gasteiger partial charge < -0.3 is 9.80 Å². The van der Waals surface area contributed by atoms with Crippen molar-refractivity contribution in [2.24, 2.45) is 0 Å². The summed E-state index contributed by atoms with van der Waals surface area (Å²) in [4.78, 5) is 26.2. The Balaban J connectivity index is 2.05. The minimum Gasteiger partial charge on any atom is -0.342 e. The predicted octanol–water partition coefficient (Wildman–Crippen LogP) is 0.0150. The average molecular weight is 364 g/mol. The monoisotopic (exact) mass is 364 g/mol. The molecule has 134 valence electrons. The van der Waals surface area contributed by atoms with E-state index in [1.165, 1.54) is 6.07 Å². The number of nitrogens with zero attached hydrogens (tertiary/aromatic N) is 4. The zero-order valence-corrected chi connectivity index (χ0v) is 14.8. The van der Waals surface area contributed by atoms with Crippen LogP contribution in [0.25, 0.3) is 0 Å². The topological polar surface area (TPSA) is 102 Å². The highest BCUT2D eigenvalue weighted by Gasteiger charge is 2.23. The van der Waals surface area contributed by atoms with E-state index in [4.69, 9.17) is 5.26 Å². The molecular formula is C16H20N4O4S. The van der Waals surface area contributed by atoms with E-state index in [0.717, 1.165) is 17.0 Å². The average Bonchev–Trinajstić information content (AvgIpc) is 2.61. The van der Waals surface area contributed by atoms with Crippen LogP contribution in [0.15, 0.2) is 24.3 Å². The van der Waals surface area contributed by atoms with Crippen LogP contribution in [0.4, 0.5) is 5.69 Å². The number of anilines is 1. The zero-order chi connectivity index (χ0) is 18.4. The number of carbonyl (C=O) groups is 2. The van der Waals surface area contributed by atoms with Crippen molar-refractivity contribution in [3.8, 4) is 6.07 Å². The highest BCUT2D eigenvalue weighted by atomic mass is 32.2. The van der Waals surface area contributed by atoms with Crippen molar-refractivity contribution >= 4 is 28.0 Å². The maximum Gasteiger partial charge on any atom is 0.232 e. The lowest BCUT2D eigenvalue weighted by atomic mass is 10.2. The fraction of sp³-hybridized carbons (Fsp3) is 0.438. The number of amides is 2. The third-order valence-corrected chi connectivity index (χ3v) is 5.20. The number of benzene rings is 1. The fourth-order valence-corrected chi connectivity index (χ4v) is 3.57. The maximum atomic E-state index is 12.3. The molecule has 1 aliphatic heterocycles. The molecule has 1 aromatic carbocycles. The van der Waals surface area contributed by atoms with Crippen molar-refractivity contribution < 1.29 is 18.0 Å². The molecule has 1 fully saturated rings. The molecule has 2 rings (SSSR count). The van der Waals surface area contributed by atoms with E-state index >= 15 is 0 Å². The maximum absolute atomic E-state index is 12.3. The van der Waals surface area contributed by atoms with Gasteiger partial charge in [0.1, 0.15) is 0 Å². The van der Waals surface area contributed by atoms with Crippen LogP contribution < -0.4 is 4.31 Å². The standard InChI is InChI=1S/C16H20N4O4S/c1-25(23,24)20(15-4-2-3-14(11-15)12-17)6-5-16(22)19-9-7-18(13-21)8-10-19/h2-4,11,13H,5-10H2,1H3. The first-order valence-corrected chi connectivity index (χ1v) is 9.65. The largest absolute Gasteiger partial charge is 0.342 e. The predicted molar refractivity (Wildman–Crippen MR) is 92.2 cm³/mol. The first-order valence-electron chi connectivity index (χ1n) is 7.80. The number of rotatable bonds is 6.